The lowest BCUT2D eigenvalue weighted by atomic mass is 9.97. The highest BCUT2D eigenvalue weighted by Gasteiger charge is 2.22. The van der Waals surface area contributed by atoms with E-state index >= 15 is 0 Å². The number of hydrogen-bond acceptors (Lipinski definition) is 3. The van der Waals surface area contributed by atoms with E-state index in [0.29, 0.717) is 0 Å². The van der Waals surface area contributed by atoms with Gasteiger partial charge < -0.3 is 11.2 Å². The highest BCUT2D eigenvalue weighted by Crippen LogP contribution is 2.17. The quantitative estimate of drug-likeness (QED) is 0.803. The molecule has 0 saturated carbocycles. The van der Waals surface area contributed by atoms with Gasteiger partial charge in [0.1, 0.15) is 0 Å². The van der Waals surface area contributed by atoms with Crippen molar-refractivity contribution in [2.45, 2.75) is 12.8 Å². The topological polar surface area (TPSA) is 58.4 Å². The second-order valence-electron chi connectivity index (χ2n) is 4.14. The number of carbonyl (C=O) groups is 1. The zero-order valence-electron chi connectivity index (χ0n) is 9.23. The zero-order valence-corrected chi connectivity index (χ0v) is 9.23. The van der Waals surface area contributed by atoms with Crippen LogP contribution in [0.5, 0.6) is 0 Å². The van der Waals surface area contributed by atoms with E-state index in [4.69, 9.17) is 5.73 Å². The maximum absolute atomic E-state index is 11.0. The number of anilines is 1. The molecule has 3 N–H and O–H groups in total. The number of nitrogens with zero attached hydrogens (tertiary/aromatic N) is 1. The summed E-state index contributed by atoms with van der Waals surface area (Å²) in [5, 5.41) is 2.13. The van der Waals surface area contributed by atoms with Crippen molar-refractivity contribution in [2.24, 2.45) is 11.7 Å². The Morgan fingerprint density at radius 1 is 1.25 bits per heavy atom. The summed E-state index contributed by atoms with van der Waals surface area (Å²) in [7, 11) is 0. The van der Waals surface area contributed by atoms with E-state index in [0.717, 1.165) is 31.6 Å². The van der Waals surface area contributed by atoms with Crippen molar-refractivity contribution in [1.82, 2.24) is 5.01 Å². The Hall–Kier alpha value is -1.55. The van der Waals surface area contributed by atoms with Gasteiger partial charge in [0.25, 0.3) is 0 Å². The first-order chi connectivity index (χ1) is 7.75. The Balaban J connectivity index is 1.84. The maximum Gasteiger partial charge on any atom is 0.220 e. The van der Waals surface area contributed by atoms with Gasteiger partial charge in [-0.15, -0.1) is 0 Å². The number of hydrogen-bond donors (Lipinski definition) is 2. The van der Waals surface area contributed by atoms with Crippen molar-refractivity contribution >= 4 is 11.6 Å². The van der Waals surface area contributed by atoms with Gasteiger partial charge >= 0.3 is 0 Å². The minimum atomic E-state index is -0.167. The van der Waals surface area contributed by atoms with Crippen LogP contribution >= 0.6 is 0 Å². The summed E-state index contributed by atoms with van der Waals surface area (Å²) < 4.78 is 0. The highest BCUT2D eigenvalue weighted by molar-refractivity contribution is 5.76. The van der Waals surface area contributed by atoms with Gasteiger partial charge in [-0.2, -0.15) is 0 Å². The highest BCUT2D eigenvalue weighted by atomic mass is 16.1. The average molecular weight is 219 g/mol. The molecule has 1 fully saturated rings. The Bertz CT molecular complexity index is 345. The molecule has 0 aromatic heterocycles. The van der Waals surface area contributed by atoms with E-state index in [1.807, 2.05) is 30.3 Å². The molecule has 4 heteroatoms. The first-order valence-corrected chi connectivity index (χ1v) is 5.61. The van der Waals surface area contributed by atoms with E-state index in [9.17, 15) is 4.79 Å². The van der Waals surface area contributed by atoms with E-state index in [1.54, 1.807) is 0 Å². The number of piperidine rings is 1. The monoisotopic (exact) mass is 219 g/mol. The fourth-order valence-corrected chi connectivity index (χ4v) is 1.97. The molecule has 0 aliphatic carbocycles. The summed E-state index contributed by atoms with van der Waals surface area (Å²) in [6, 6.07) is 10.0. The molecule has 1 aliphatic rings. The number of nitrogens with two attached hydrogens (primary N) is 1. The largest absolute Gasteiger partial charge is 0.369 e. The minimum absolute atomic E-state index is 0.0498. The molecule has 1 aromatic rings. The summed E-state index contributed by atoms with van der Waals surface area (Å²) in [5.41, 5.74) is 9.69. The van der Waals surface area contributed by atoms with Crippen molar-refractivity contribution in [3.8, 4) is 0 Å². The summed E-state index contributed by atoms with van der Waals surface area (Å²) in [6.45, 7) is 1.73. The van der Waals surface area contributed by atoms with Gasteiger partial charge in [-0.1, -0.05) is 18.2 Å². The third-order valence-electron chi connectivity index (χ3n) is 2.96. The van der Waals surface area contributed by atoms with Crippen molar-refractivity contribution in [1.29, 1.82) is 0 Å². The molecule has 1 aliphatic heterocycles. The molecule has 1 heterocycles. The van der Waals surface area contributed by atoms with Crippen LogP contribution in [-0.2, 0) is 4.79 Å². The van der Waals surface area contributed by atoms with Crippen molar-refractivity contribution in [2.75, 3.05) is 18.5 Å². The molecule has 86 valence electrons. The average Bonchev–Trinajstić information content (AvgIpc) is 2.31. The van der Waals surface area contributed by atoms with Crippen LogP contribution < -0.4 is 11.2 Å². The van der Waals surface area contributed by atoms with E-state index in [1.165, 1.54) is 0 Å². The predicted octanol–water partition coefficient (Wildman–Crippen LogP) is 1.21. The van der Waals surface area contributed by atoms with Crippen molar-refractivity contribution < 1.29 is 4.79 Å². The lowest BCUT2D eigenvalue weighted by molar-refractivity contribution is -0.123. The van der Waals surface area contributed by atoms with Crippen LogP contribution in [0.3, 0.4) is 0 Å². The maximum atomic E-state index is 11.0. The van der Waals surface area contributed by atoms with Gasteiger partial charge in [0.15, 0.2) is 0 Å². The second kappa shape index (κ2) is 4.99. The first-order valence-electron chi connectivity index (χ1n) is 5.61. The van der Waals surface area contributed by atoms with Gasteiger partial charge in [-0.05, 0) is 25.0 Å². The minimum Gasteiger partial charge on any atom is -0.369 e. The molecular formula is C12H17N3O. The zero-order chi connectivity index (χ0) is 11.4. The van der Waals surface area contributed by atoms with E-state index < -0.39 is 0 Å². The Kier molecular flexibility index (Phi) is 3.41. The molecule has 0 unspecified atom stereocenters. The number of hydrazine groups is 1. The summed E-state index contributed by atoms with van der Waals surface area (Å²) >= 11 is 0. The number of nitrogens with one attached hydrogen (secondary N) is 1. The van der Waals surface area contributed by atoms with Crippen molar-refractivity contribution in [3.63, 3.8) is 0 Å². The van der Waals surface area contributed by atoms with Crippen LogP contribution in [0.2, 0.25) is 0 Å². The molecular weight excluding hydrogens is 202 g/mol. The first kappa shape index (κ1) is 11.0. The second-order valence-corrected chi connectivity index (χ2v) is 4.14. The van der Waals surface area contributed by atoms with Crippen LogP contribution in [0.4, 0.5) is 5.69 Å². The number of carbonyl (C=O) groups excluding carboxylic acids is 1. The van der Waals surface area contributed by atoms with Gasteiger partial charge in [0.2, 0.25) is 5.91 Å². The van der Waals surface area contributed by atoms with Gasteiger partial charge in [-0.3, -0.25) is 4.79 Å². The van der Waals surface area contributed by atoms with Gasteiger partial charge in [0, 0.05) is 24.7 Å². The Morgan fingerprint density at radius 3 is 2.44 bits per heavy atom. The molecule has 2 rings (SSSR count). The number of amides is 1. The van der Waals surface area contributed by atoms with E-state index in [-0.39, 0.29) is 11.8 Å². The molecule has 1 amide bonds. The van der Waals surface area contributed by atoms with Gasteiger partial charge in [-0.25, -0.2) is 5.01 Å². The number of rotatable bonds is 3. The normalized spacial score (nSPS) is 18.2. The lowest BCUT2D eigenvalue weighted by Crippen LogP contribution is -2.41. The van der Waals surface area contributed by atoms with E-state index in [2.05, 4.69) is 10.4 Å². The third kappa shape index (κ3) is 2.73. The summed E-state index contributed by atoms with van der Waals surface area (Å²) in [5.74, 6) is -0.117. The van der Waals surface area contributed by atoms with Crippen molar-refractivity contribution in [3.05, 3.63) is 30.3 Å². The fraction of sp³-hybridized carbons (Fsp3) is 0.417. The molecule has 4 nitrogen and oxygen atoms in total. The SMILES string of the molecule is NC(=O)C1CCN(Nc2ccccc2)CC1. The number of benzene rings is 1. The number of para-hydroxylation sites is 1. The lowest BCUT2D eigenvalue weighted by Gasteiger charge is -2.31. The van der Waals surface area contributed by atoms with Crippen LogP contribution in [0.15, 0.2) is 30.3 Å². The third-order valence-corrected chi connectivity index (χ3v) is 2.96. The Morgan fingerprint density at radius 2 is 1.88 bits per heavy atom. The Labute approximate surface area is 95.4 Å². The molecule has 1 aromatic carbocycles. The van der Waals surface area contributed by atoms with Gasteiger partial charge in [0.05, 0.1) is 0 Å². The molecule has 0 atom stereocenters. The van der Waals surface area contributed by atoms with Crippen LogP contribution in [0.1, 0.15) is 12.8 Å². The summed E-state index contributed by atoms with van der Waals surface area (Å²) in [6.07, 6.45) is 1.68. The molecule has 0 radical (unpaired) electrons. The van der Waals surface area contributed by atoms with Crippen LogP contribution in [0.25, 0.3) is 0 Å². The summed E-state index contributed by atoms with van der Waals surface area (Å²) in [4.78, 5) is 11.0. The molecule has 16 heavy (non-hydrogen) atoms. The molecule has 0 bridgehead atoms. The fourth-order valence-electron chi connectivity index (χ4n) is 1.97. The van der Waals surface area contributed by atoms with Crippen LogP contribution in [-0.4, -0.2) is 24.0 Å². The van der Waals surface area contributed by atoms with Crippen LogP contribution in [0, 0.1) is 5.92 Å². The number of primary amides is 1. The molecule has 0 spiro atoms. The standard InChI is InChI=1S/C12H17N3O/c13-12(16)10-6-8-15(9-7-10)14-11-4-2-1-3-5-11/h1-5,10,14H,6-9H2,(H2,13,16). The predicted molar refractivity (Wildman–Crippen MR) is 63.6 cm³/mol. The smallest absolute Gasteiger partial charge is 0.220 e. The molecule has 1 saturated heterocycles.